The van der Waals surface area contributed by atoms with Crippen molar-refractivity contribution in [2.45, 2.75) is 51.1 Å². The van der Waals surface area contributed by atoms with Crippen LogP contribution in [0.15, 0.2) is 24.3 Å². The van der Waals surface area contributed by atoms with Gasteiger partial charge in [0.1, 0.15) is 0 Å². The summed E-state index contributed by atoms with van der Waals surface area (Å²) in [7, 11) is 2.25. The number of benzene rings is 1. The molecule has 18 heavy (non-hydrogen) atoms. The third kappa shape index (κ3) is 3.56. The molecule has 1 unspecified atom stereocenters. The average Bonchev–Trinajstić information content (AvgIpc) is 2.89. The smallest absolute Gasteiger partial charge is 0.0307 e. The van der Waals surface area contributed by atoms with Crippen LogP contribution in [0.1, 0.15) is 49.3 Å². The Balaban J connectivity index is 1.82. The van der Waals surface area contributed by atoms with Gasteiger partial charge in [0.25, 0.3) is 0 Å². The minimum atomic E-state index is 0.175. The quantitative estimate of drug-likeness (QED) is 0.864. The predicted octanol–water partition coefficient (Wildman–Crippen LogP) is 3.26. The van der Waals surface area contributed by atoms with E-state index < -0.39 is 0 Å². The molecule has 0 saturated heterocycles. The third-order valence-corrected chi connectivity index (χ3v) is 4.21. The first-order valence-electron chi connectivity index (χ1n) is 7.19. The summed E-state index contributed by atoms with van der Waals surface area (Å²) in [6, 6.07) is 9.56. The van der Waals surface area contributed by atoms with Crippen molar-refractivity contribution in [2.24, 2.45) is 5.73 Å². The molecule has 0 heterocycles. The Hall–Kier alpha value is -0.860. The van der Waals surface area contributed by atoms with Gasteiger partial charge < -0.3 is 10.6 Å². The lowest BCUT2D eigenvalue weighted by Gasteiger charge is -2.25. The molecule has 1 aromatic rings. The van der Waals surface area contributed by atoms with Crippen LogP contribution in [0.5, 0.6) is 0 Å². The van der Waals surface area contributed by atoms with E-state index in [0.717, 1.165) is 19.0 Å². The molecule has 1 fully saturated rings. The highest BCUT2D eigenvalue weighted by Gasteiger charge is 2.19. The summed E-state index contributed by atoms with van der Waals surface area (Å²) in [4.78, 5) is 2.50. The maximum absolute atomic E-state index is 6.28. The van der Waals surface area contributed by atoms with Crippen molar-refractivity contribution in [3.8, 4) is 0 Å². The maximum Gasteiger partial charge on any atom is 0.0307 e. The van der Waals surface area contributed by atoms with Crippen LogP contribution in [0.4, 0.5) is 0 Å². The zero-order valence-electron chi connectivity index (χ0n) is 11.7. The SMILES string of the molecule is Cc1cccc(C(N)CCN(C)C2CCCC2)c1. The van der Waals surface area contributed by atoms with E-state index in [1.54, 1.807) is 0 Å². The highest BCUT2D eigenvalue weighted by atomic mass is 15.1. The van der Waals surface area contributed by atoms with Crippen LogP contribution in [0.3, 0.4) is 0 Å². The van der Waals surface area contributed by atoms with Gasteiger partial charge in [-0.2, -0.15) is 0 Å². The van der Waals surface area contributed by atoms with Crippen LogP contribution in [0.25, 0.3) is 0 Å². The van der Waals surface area contributed by atoms with Gasteiger partial charge in [0.2, 0.25) is 0 Å². The average molecular weight is 246 g/mol. The van der Waals surface area contributed by atoms with Crippen molar-refractivity contribution in [3.63, 3.8) is 0 Å². The first kappa shape index (κ1) is 13.6. The zero-order valence-corrected chi connectivity index (χ0v) is 11.7. The van der Waals surface area contributed by atoms with Crippen molar-refractivity contribution in [1.82, 2.24) is 4.90 Å². The summed E-state index contributed by atoms with van der Waals surface area (Å²) in [6.45, 7) is 3.24. The number of nitrogens with zero attached hydrogens (tertiary/aromatic N) is 1. The van der Waals surface area contributed by atoms with E-state index in [1.165, 1.54) is 36.8 Å². The van der Waals surface area contributed by atoms with Crippen LogP contribution in [-0.4, -0.2) is 24.5 Å². The monoisotopic (exact) mass is 246 g/mol. The molecule has 0 bridgehead atoms. The molecule has 2 rings (SSSR count). The third-order valence-electron chi connectivity index (χ3n) is 4.21. The Labute approximate surface area is 111 Å². The van der Waals surface area contributed by atoms with Crippen LogP contribution in [-0.2, 0) is 0 Å². The zero-order chi connectivity index (χ0) is 13.0. The molecular formula is C16H26N2. The van der Waals surface area contributed by atoms with Gasteiger partial charge in [-0.3, -0.25) is 0 Å². The molecule has 1 atom stereocenters. The van der Waals surface area contributed by atoms with Gasteiger partial charge in [-0.1, -0.05) is 42.7 Å². The van der Waals surface area contributed by atoms with Crippen molar-refractivity contribution in [3.05, 3.63) is 35.4 Å². The van der Waals surface area contributed by atoms with Crippen LogP contribution < -0.4 is 5.73 Å². The van der Waals surface area contributed by atoms with Gasteiger partial charge in [0.05, 0.1) is 0 Å². The first-order chi connectivity index (χ1) is 8.66. The van der Waals surface area contributed by atoms with E-state index in [0.29, 0.717) is 0 Å². The van der Waals surface area contributed by atoms with Crippen LogP contribution in [0.2, 0.25) is 0 Å². The number of nitrogens with two attached hydrogens (primary N) is 1. The van der Waals surface area contributed by atoms with E-state index in [-0.39, 0.29) is 6.04 Å². The second-order valence-electron chi connectivity index (χ2n) is 5.73. The van der Waals surface area contributed by atoms with E-state index in [2.05, 4.69) is 43.1 Å². The number of hydrogen-bond donors (Lipinski definition) is 1. The van der Waals surface area contributed by atoms with E-state index in [9.17, 15) is 0 Å². The van der Waals surface area contributed by atoms with Gasteiger partial charge in [0, 0.05) is 12.1 Å². The van der Waals surface area contributed by atoms with Crippen molar-refractivity contribution < 1.29 is 0 Å². The molecule has 1 saturated carbocycles. The van der Waals surface area contributed by atoms with Crippen LogP contribution in [0, 0.1) is 6.92 Å². The molecule has 2 heteroatoms. The molecular weight excluding hydrogens is 220 g/mol. The van der Waals surface area contributed by atoms with Gasteiger partial charge in [-0.25, -0.2) is 0 Å². The number of hydrogen-bond acceptors (Lipinski definition) is 2. The van der Waals surface area contributed by atoms with Crippen molar-refractivity contribution in [1.29, 1.82) is 0 Å². The largest absolute Gasteiger partial charge is 0.324 e. The standard InChI is InChI=1S/C16H26N2/c1-13-6-5-7-14(12-13)16(17)10-11-18(2)15-8-3-4-9-15/h5-7,12,15-16H,3-4,8-11,17H2,1-2H3. The highest BCUT2D eigenvalue weighted by Crippen LogP contribution is 2.23. The normalized spacial score (nSPS) is 18.4. The Morgan fingerprint density at radius 2 is 2.06 bits per heavy atom. The summed E-state index contributed by atoms with van der Waals surface area (Å²) >= 11 is 0. The van der Waals surface area contributed by atoms with E-state index in [1.807, 2.05) is 0 Å². The molecule has 1 aliphatic rings. The van der Waals surface area contributed by atoms with E-state index in [4.69, 9.17) is 5.73 Å². The lowest BCUT2D eigenvalue weighted by Crippen LogP contribution is -2.31. The second kappa shape index (κ2) is 6.35. The molecule has 0 amide bonds. The molecule has 1 aromatic carbocycles. The van der Waals surface area contributed by atoms with E-state index >= 15 is 0 Å². The minimum absolute atomic E-state index is 0.175. The second-order valence-corrected chi connectivity index (χ2v) is 5.73. The summed E-state index contributed by atoms with van der Waals surface area (Å²) in [5.41, 5.74) is 8.86. The first-order valence-corrected chi connectivity index (χ1v) is 7.19. The fraction of sp³-hybridized carbons (Fsp3) is 0.625. The van der Waals surface area contributed by atoms with Crippen molar-refractivity contribution in [2.75, 3.05) is 13.6 Å². The van der Waals surface area contributed by atoms with Crippen molar-refractivity contribution >= 4 is 0 Å². The Kier molecular flexibility index (Phi) is 4.79. The Morgan fingerprint density at radius 1 is 1.33 bits per heavy atom. The minimum Gasteiger partial charge on any atom is -0.324 e. The van der Waals surface area contributed by atoms with Gasteiger partial charge >= 0.3 is 0 Å². The summed E-state index contributed by atoms with van der Waals surface area (Å²) in [5.74, 6) is 0. The number of aryl methyl sites for hydroxylation is 1. The molecule has 2 nitrogen and oxygen atoms in total. The molecule has 0 aliphatic heterocycles. The van der Waals surface area contributed by atoms with Crippen LogP contribution >= 0.6 is 0 Å². The molecule has 2 N–H and O–H groups in total. The predicted molar refractivity (Wildman–Crippen MR) is 77.6 cm³/mol. The topological polar surface area (TPSA) is 29.3 Å². The highest BCUT2D eigenvalue weighted by molar-refractivity contribution is 5.24. The molecule has 1 aliphatic carbocycles. The Morgan fingerprint density at radius 3 is 2.72 bits per heavy atom. The van der Waals surface area contributed by atoms with Gasteiger partial charge in [0.15, 0.2) is 0 Å². The maximum atomic E-state index is 6.28. The summed E-state index contributed by atoms with van der Waals surface area (Å²) in [5, 5.41) is 0. The number of rotatable bonds is 5. The fourth-order valence-electron chi connectivity index (χ4n) is 2.94. The molecule has 0 radical (unpaired) electrons. The summed E-state index contributed by atoms with van der Waals surface area (Å²) in [6.07, 6.45) is 6.60. The lowest BCUT2D eigenvalue weighted by atomic mass is 10.0. The Bertz CT molecular complexity index is 369. The fourth-order valence-corrected chi connectivity index (χ4v) is 2.94. The molecule has 0 aromatic heterocycles. The van der Waals surface area contributed by atoms with Gasteiger partial charge in [-0.15, -0.1) is 0 Å². The molecule has 0 spiro atoms. The lowest BCUT2D eigenvalue weighted by molar-refractivity contribution is 0.237. The van der Waals surface area contributed by atoms with Gasteiger partial charge in [-0.05, 0) is 45.3 Å². The molecule has 100 valence electrons. The summed E-state index contributed by atoms with van der Waals surface area (Å²) < 4.78 is 0.